The molecule has 1 atom stereocenters. The minimum atomic E-state index is 0.239. The maximum absolute atomic E-state index is 6.08. The highest BCUT2D eigenvalue weighted by Crippen LogP contribution is 2.08. The Kier molecular flexibility index (Phi) is 4.82. The minimum absolute atomic E-state index is 0.239. The average molecular weight is 209 g/mol. The summed E-state index contributed by atoms with van der Waals surface area (Å²) < 4.78 is 2.21. The Balaban J connectivity index is 2.51. The molecule has 0 amide bonds. The zero-order valence-electron chi connectivity index (χ0n) is 10.1. The summed E-state index contributed by atoms with van der Waals surface area (Å²) in [6.07, 6.45) is 7.01. The van der Waals surface area contributed by atoms with Gasteiger partial charge in [-0.05, 0) is 18.8 Å². The fourth-order valence-corrected chi connectivity index (χ4v) is 1.90. The van der Waals surface area contributed by atoms with Crippen LogP contribution in [0.15, 0.2) is 12.4 Å². The van der Waals surface area contributed by atoms with Crippen molar-refractivity contribution in [2.75, 3.05) is 0 Å². The van der Waals surface area contributed by atoms with Crippen molar-refractivity contribution in [3.8, 4) is 0 Å². The zero-order valence-corrected chi connectivity index (χ0v) is 10.1. The molecule has 86 valence electrons. The fourth-order valence-electron chi connectivity index (χ4n) is 1.90. The number of rotatable bonds is 6. The fraction of sp³-hybridized carbons (Fsp3) is 0.750. The predicted molar refractivity (Wildman–Crippen MR) is 63.7 cm³/mol. The summed E-state index contributed by atoms with van der Waals surface area (Å²) in [5, 5.41) is 0. The van der Waals surface area contributed by atoms with Crippen LogP contribution in [0.2, 0.25) is 0 Å². The second-order valence-electron chi connectivity index (χ2n) is 4.63. The average Bonchev–Trinajstić information content (AvgIpc) is 2.52. The van der Waals surface area contributed by atoms with Crippen LogP contribution in [-0.4, -0.2) is 15.6 Å². The third kappa shape index (κ3) is 4.04. The van der Waals surface area contributed by atoms with Crippen molar-refractivity contribution < 1.29 is 0 Å². The van der Waals surface area contributed by atoms with Gasteiger partial charge in [-0.2, -0.15) is 0 Å². The monoisotopic (exact) mass is 209 g/mol. The molecule has 3 heteroatoms. The van der Waals surface area contributed by atoms with Crippen LogP contribution in [0.4, 0.5) is 0 Å². The van der Waals surface area contributed by atoms with Crippen molar-refractivity contribution in [1.29, 1.82) is 0 Å². The molecule has 0 aromatic carbocycles. The Morgan fingerprint density at radius 1 is 1.47 bits per heavy atom. The van der Waals surface area contributed by atoms with E-state index in [4.69, 9.17) is 5.73 Å². The first-order chi connectivity index (χ1) is 7.13. The molecule has 0 saturated carbocycles. The number of hydrogen-bond acceptors (Lipinski definition) is 2. The first kappa shape index (κ1) is 12.2. The lowest BCUT2D eigenvalue weighted by Gasteiger charge is -2.14. The van der Waals surface area contributed by atoms with Gasteiger partial charge in [0, 0.05) is 31.4 Å². The Morgan fingerprint density at radius 3 is 2.80 bits per heavy atom. The summed E-state index contributed by atoms with van der Waals surface area (Å²) in [6, 6.07) is 0.239. The van der Waals surface area contributed by atoms with Crippen LogP contribution >= 0.6 is 0 Å². The number of nitrogens with two attached hydrogens (primary N) is 1. The molecule has 1 heterocycles. The van der Waals surface area contributed by atoms with Gasteiger partial charge in [-0.3, -0.25) is 0 Å². The molecule has 0 spiro atoms. The molecule has 0 aliphatic heterocycles. The molecular formula is C12H23N3. The molecular weight excluding hydrogens is 186 g/mol. The molecule has 0 aliphatic rings. The number of hydrogen-bond donors (Lipinski definition) is 1. The van der Waals surface area contributed by atoms with Crippen molar-refractivity contribution in [1.82, 2.24) is 9.55 Å². The van der Waals surface area contributed by atoms with E-state index in [9.17, 15) is 0 Å². The van der Waals surface area contributed by atoms with E-state index in [1.54, 1.807) is 0 Å². The first-order valence-electron chi connectivity index (χ1n) is 5.89. The van der Waals surface area contributed by atoms with E-state index < -0.39 is 0 Å². The normalized spacial score (nSPS) is 13.4. The van der Waals surface area contributed by atoms with Crippen LogP contribution in [0.1, 0.15) is 39.4 Å². The smallest absolute Gasteiger partial charge is 0.110 e. The van der Waals surface area contributed by atoms with Crippen molar-refractivity contribution in [3.63, 3.8) is 0 Å². The third-order valence-corrected chi connectivity index (χ3v) is 2.49. The zero-order chi connectivity index (χ0) is 11.3. The van der Waals surface area contributed by atoms with E-state index in [-0.39, 0.29) is 6.04 Å². The van der Waals surface area contributed by atoms with Gasteiger partial charge in [-0.15, -0.1) is 0 Å². The Labute approximate surface area is 92.7 Å². The van der Waals surface area contributed by atoms with E-state index in [1.807, 2.05) is 12.4 Å². The van der Waals surface area contributed by atoms with Gasteiger partial charge in [0.2, 0.25) is 0 Å². The molecule has 0 saturated heterocycles. The van der Waals surface area contributed by atoms with Crippen LogP contribution in [-0.2, 0) is 13.0 Å². The highest BCUT2D eigenvalue weighted by molar-refractivity contribution is 4.95. The molecule has 0 bridgehead atoms. The summed E-state index contributed by atoms with van der Waals surface area (Å²) in [5.74, 6) is 1.79. The van der Waals surface area contributed by atoms with Crippen molar-refractivity contribution in [2.24, 2.45) is 11.7 Å². The maximum atomic E-state index is 6.08. The number of aromatic nitrogens is 2. The van der Waals surface area contributed by atoms with Crippen LogP contribution < -0.4 is 5.73 Å². The Bertz CT molecular complexity index is 278. The van der Waals surface area contributed by atoms with E-state index in [1.165, 1.54) is 0 Å². The lowest BCUT2D eigenvalue weighted by atomic mass is 10.0. The van der Waals surface area contributed by atoms with E-state index >= 15 is 0 Å². The summed E-state index contributed by atoms with van der Waals surface area (Å²) in [4.78, 5) is 4.37. The van der Waals surface area contributed by atoms with Crippen molar-refractivity contribution in [2.45, 2.75) is 52.6 Å². The predicted octanol–water partition coefficient (Wildman–Crippen LogP) is 2.21. The standard InChI is InChI=1S/C12H23N3/c1-4-6-15-7-5-14-12(15)9-11(13)8-10(2)3/h5,7,10-11H,4,6,8-9,13H2,1-3H3. The molecule has 1 unspecified atom stereocenters. The van der Waals surface area contributed by atoms with Crippen LogP contribution in [0, 0.1) is 5.92 Å². The quantitative estimate of drug-likeness (QED) is 0.780. The van der Waals surface area contributed by atoms with Gasteiger partial charge in [0.05, 0.1) is 0 Å². The van der Waals surface area contributed by atoms with Gasteiger partial charge in [-0.1, -0.05) is 20.8 Å². The molecule has 15 heavy (non-hydrogen) atoms. The molecule has 0 aliphatic carbocycles. The lowest BCUT2D eigenvalue weighted by Crippen LogP contribution is -2.26. The number of imidazole rings is 1. The Hall–Kier alpha value is -0.830. The van der Waals surface area contributed by atoms with Gasteiger partial charge in [0.1, 0.15) is 5.82 Å². The third-order valence-electron chi connectivity index (χ3n) is 2.49. The van der Waals surface area contributed by atoms with Gasteiger partial charge in [-0.25, -0.2) is 4.98 Å². The topological polar surface area (TPSA) is 43.8 Å². The summed E-state index contributed by atoms with van der Waals surface area (Å²) in [7, 11) is 0. The van der Waals surface area contributed by atoms with E-state index in [2.05, 4.69) is 30.3 Å². The summed E-state index contributed by atoms with van der Waals surface area (Å²) in [6.45, 7) is 7.64. The van der Waals surface area contributed by atoms with Gasteiger partial charge in [0.25, 0.3) is 0 Å². The van der Waals surface area contributed by atoms with Crippen molar-refractivity contribution in [3.05, 3.63) is 18.2 Å². The highest BCUT2D eigenvalue weighted by Gasteiger charge is 2.10. The molecule has 1 aromatic heterocycles. The number of nitrogens with zero attached hydrogens (tertiary/aromatic N) is 2. The molecule has 2 N–H and O–H groups in total. The second-order valence-corrected chi connectivity index (χ2v) is 4.63. The van der Waals surface area contributed by atoms with Gasteiger partial charge >= 0.3 is 0 Å². The summed E-state index contributed by atoms with van der Waals surface area (Å²) >= 11 is 0. The van der Waals surface area contributed by atoms with Crippen LogP contribution in [0.25, 0.3) is 0 Å². The number of aryl methyl sites for hydroxylation is 1. The van der Waals surface area contributed by atoms with E-state index in [0.717, 1.165) is 31.6 Å². The maximum Gasteiger partial charge on any atom is 0.110 e. The largest absolute Gasteiger partial charge is 0.335 e. The SMILES string of the molecule is CCCn1ccnc1CC(N)CC(C)C. The molecule has 3 nitrogen and oxygen atoms in total. The molecule has 0 fully saturated rings. The van der Waals surface area contributed by atoms with Gasteiger partial charge < -0.3 is 10.3 Å². The molecule has 1 rings (SSSR count). The highest BCUT2D eigenvalue weighted by atomic mass is 15.1. The van der Waals surface area contributed by atoms with Crippen LogP contribution in [0.3, 0.4) is 0 Å². The van der Waals surface area contributed by atoms with E-state index in [0.29, 0.717) is 5.92 Å². The van der Waals surface area contributed by atoms with Crippen LogP contribution in [0.5, 0.6) is 0 Å². The minimum Gasteiger partial charge on any atom is -0.335 e. The molecule has 1 aromatic rings. The van der Waals surface area contributed by atoms with Gasteiger partial charge in [0.15, 0.2) is 0 Å². The second kappa shape index (κ2) is 5.91. The lowest BCUT2D eigenvalue weighted by molar-refractivity contribution is 0.477. The first-order valence-corrected chi connectivity index (χ1v) is 5.89. The Morgan fingerprint density at radius 2 is 2.20 bits per heavy atom. The summed E-state index contributed by atoms with van der Waals surface area (Å²) in [5.41, 5.74) is 6.08. The molecule has 0 radical (unpaired) electrons. The van der Waals surface area contributed by atoms with Crippen molar-refractivity contribution >= 4 is 0 Å².